The molecule has 1 atom stereocenters. The monoisotopic (exact) mass is 734 g/mol. The maximum atomic E-state index is 13.5. The number of carboxylic acids is 1. The fourth-order valence-corrected chi connectivity index (χ4v) is 9.95. The molecule has 1 N–H and O–H groups in total. The van der Waals surface area contributed by atoms with Crippen LogP contribution in [0.5, 0.6) is 0 Å². The van der Waals surface area contributed by atoms with Crippen LogP contribution in [-0.4, -0.2) is 48.7 Å². The minimum atomic E-state index is -3.87. The Morgan fingerprint density at radius 1 is 0.551 bits per heavy atom. The third kappa shape index (κ3) is 34.6. The predicted molar refractivity (Wildman–Crippen MR) is 212 cm³/mol. The Labute approximate surface area is 305 Å². The molecule has 0 heterocycles. The van der Waals surface area contributed by atoms with Gasteiger partial charge >= 0.3 is 13.3 Å². The summed E-state index contributed by atoms with van der Waals surface area (Å²) < 4.78 is 24.9. The van der Waals surface area contributed by atoms with Gasteiger partial charge in [-0.25, -0.2) is 9.46 Å². The summed E-state index contributed by atoms with van der Waals surface area (Å²) >= 11 is 0. The summed E-state index contributed by atoms with van der Waals surface area (Å²) in [6.45, 7) is 4.70. The van der Waals surface area contributed by atoms with E-state index >= 15 is 0 Å². The van der Waals surface area contributed by atoms with Crippen molar-refractivity contribution in [3.63, 3.8) is 0 Å². The first kappa shape index (κ1) is 48.7. The topological polar surface area (TPSA) is 99.1 Å². The molecule has 49 heavy (non-hydrogen) atoms. The van der Waals surface area contributed by atoms with Crippen LogP contribution in [0, 0.1) is 0 Å². The van der Waals surface area contributed by atoms with Crippen molar-refractivity contribution in [3.05, 3.63) is 0 Å². The second-order valence-corrected chi connectivity index (χ2v) is 19.4. The number of carboxylic acid groups (broad SMARTS) is 1. The van der Waals surface area contributed by atoms with E-state index in [1.54, 1.807) is 0 Å². The zero-order valence-electron chi connectivity index (χ0n) is 32.7. The van der Waals surface area contributed by atoms with E-state index in [9.17, 15) is 14.3 Å². The van der Waals surface area contributed by atoms with Crippen LogP contribution >= 0.6 is 14.7 Å². The minimum Gasteiger partial charge on any atom is -0.622 e. The first-order chi connectivity index (χ1) is 23.9. The van der Waals surface area contributed by atoms with Gasteiger partial charge < -0.3 is 10.00 Å². The quantitative estimate of drug-likeness (QED) is 0.0494. The third-order valence-corrected chi connectivity index (χ3v) is 14.0. The molecule has 1 unspecified atom stereocenters. The van der Waals surface area contributed by atoms with Crippen LogP contribution in [0.1, 0.15) is 219 Å². The second-order valence-electron chi connectivity index (χ2n) is 14.5. The van der Waals surface area contributed by atoms with Gasteiger partial charge in [-0.2, -0.15) is 0 Å². The van der Waals surface area contributed by atoms with Crippen molar-refractivity contribution in [2.24, 2.45) is 0 Å². The van der Waals surface area contributed by atoms with Gasteiger partial charge in [0.25, 0.3) is 0 Å². The average molecular weight is 734 g/mol. The lowest BCUT2D eigenvalue weighted by Gasteiger charge is -2.16. The SMILES string of the molecule is CCCCCCCCCCCCCCCCCCOP(=O)(OCCCCCCCCCCCCCCCCCC)[P+]([O-])=CN(C)CC(=O)O. The zero-order valence-corrected chi connectivity index (χ0v) is 34.4. The summed E-state index contributed by atoms with van der Waals surface area (Å²) in [7, 11) is -4.84. The number of aliphatic carboxylic acids is 1. The van der Waals surface area contributed by atoms with Crippen LogP contribution in [0.2, 0.25) is 0 Å². The van der Waals surface area contributed by atoms with Gasteiger partial charge in [-0.3, -0.25) is 13.8 Å². The molecular formula is C40H81NO6P2. The number of carbonyl (C=O) groups is 1. The van der Waals surface area contributed by atoms with Gasteiger partial charge in [-0.15, -0.1) is 0 Å². The fourth-order valence-electron chi connectivity index (χ4n) is 6.30. The van der Waals surface area contributed by atoms with Crippen LogP contribution < -0.4 is 4.89 Å². The first-order valence-electron chi connectivity index (χ1n) is 21.0. The molecular weight excluding hydrogens is 652 g/mol. The second kappa shape index (κ2) is 37.5. The molecule has 292 valence electrons. The number of hydrogen-bond donors (Lipinski definition) is 1. The molecule has 9 heteroatoms. The van der Waals surface area contributed by atoms with E-state index in [-0.39, 0.29) is 19.8 Å². The van der Waals surface area contributed by atoms with Gasteiger partial charge in [-0.1, -0.05) is 206 Å². The molecule has 7 nitrogen and oxygen atoms in total. The lowest BCUT2D eigenvalue weighted by Crippen LogP contribution is -2.24. The van der Waals surface area contributed by atoms with Crippen molar-refractivity contribution >= 4 is 26.6 Å². The number of rotatable bonds is 40. The first-order valence-corrected chi connectivity index (χ1v) is 24.6. The zero-order chi connectivity index (χ0) is 36.1. The molecule has 0 aromatic rings. The highest BCUT2D eigenvalue weighted by atomic mass is 32.1. The average Bonchev–Trinajstić information content (AvgIpc) is 3.07. The molecule has 0 spiro atoms. The molecule has 0 radical (unpaired) electrons. The van der Waals surface area contributed by atoms with Crippen LogP contribution in [-0.2, 0) is 18.4 Å². The standard InChI is InChI=1S/C40H81NO6P2/c1-4-6-8-10-12-14-16-18-20-22-24-26-28-30-32-34-36-46-49(45,48(44)39-41(3)38-40(42)43)47-37-35-33-31-29-27-25-23-21-19-17-15-13-11-9-7-5-2/h39H,4-38H2,1-3H3,(H,42,43). The summed E-state index contributed by atoms with van der Waals surface area (Å²) in [6.07, 6.45) is 40.7. The maximum absolute atomic E-state index is 13.5. The van der Waals surface area contributed by atoms with Crippen LogP contribution in [0.4, 0.5) is 0 Å². The van der Waals surface area contributed by atoms with Gasteiger partial charge in [0.05, 0.1) is 13.2 Å². The normalized spacial score (nSPS) is 12.4. The van der Waals surface area contributed by atoms with E-state index in [4.69, 9.17) is 14.2 Å². The highest BCUT2D eigenvalue weighted by Gasteiger charge is 2.36. The van der Waals surface area contributed by atoms with Crippen molar-refractivity contribution in [2.75, 3.05) is 26.8 Å². The summed E-state index contributed by atoms with van der Waals surface area (Å²) in [5, 5.41) is 9.04. The van der Waals surface area contributed by atoms with E-state index in [1.165, 1.54) is 185 Å². The third-order valence-electron chi connectivity index (χ3n) is 9.43. The molecule has 0 rings (SSSR count). The van der Waals surface area contributed by atoms with E-state index in [1.807, 2.05) is 0 Å². The van der Waals surface area contributed by atoms with Gasteiger partial charge in [0.2, 0.25) is 0 Å². The van der Waals surface area contributed by atoms with Crippen molar-refractivity contribution in [2.45, 2.75) is 219 Å². The number of nitrogens with zero attached hydrogens (tertiary/aromatic N) is 1. The fraction of sp³-hybridized carbons (Fsp3) is 0.950. The molecule has 0 saturated carbocycles. The van der Waals surface area contributed by atoms with Crippen molar-refractivity contribution < 1.29 is 28.4 Å². The molecule has 0 aromatic carbocycles. The van der Waals surface area contributed by atoms with Crippen LogP contribution in [0.3, 0.4) is 0 Å². The Morgan fingerprint density at radius 2 is 0.796 bits per heavy atom. The van der Waals surface area contributed by atoms with Crippen LogP contribution in [0.25, 0.3) is 0 Å². The number of likely N-dealkylation sites (N-methyl/N-ethyl adjacent to an activating group) is 1. The van der Waals surface area contributed by atoms with Gasteiger partial charge in [0.1, 0.15) is 6.54 Å². The van der Waals surface area contributed by atoms with Crippen molar-refractivity contribution in [1.29, 1.82) is 0 Å². The lowest BCUT2D eigenvalue weighted by molar-refractivity contribution is -0.149. The minimum absolute atomic E-state index is 0.242. The van der Waals surface area contributed by atoms with Crippen LogP contribution in [0.15, 0.2) is 0 Å². The summed E-state index contributed by atoms with van der Waals surface area (Å²) in [5.41, 5.74) is 0. The Bertz CT molecular complexity index is 755. The Morgan fingerprint density at radius 3 is 1.04 bits per heavy atom. The van der Waals surface area contributed by atoms with E-state index in [0.29, 0.717) is 0 Å². The van der Waals surface area contributed by atoms with E-state index in [0.717, 1.165) is 38.5 Å². The smallest absolute Gasteiger partial charge is 0.524 e. The molecule has 0 aliphatic heterocycles. The lowest BCUT2D eigenvalue weighted by atomic mass is 10.0. The predicted octanol–water partition coefficient (Wildman–Crippen LogP) is 13.2. The van der Waals surface area contributed by atoms with Gasteiger partial charge in [-0.05, 0) is 19.9 Å². The Hall–Kier alpha value is -0.290. The molecule has 0 aromatic heterocycles. The molecule has 0 fully saturated rings. The summed E-state index contributed by atoms with van der Waals surface area (Å²) in [4.78, 5) is 25.3. The highest BCUT2D eigenvalue weighted by Crippen LogP contribution is 2.66. The van der Waals surface area contributed by atoms with E-state index in [2.05, 4.69) is 13.8 Å². The summed E-state index contributed by atoms with van der Waals surface area (Å²) in [5.74, 6) is 0.158. The summed E-state index contributed by atoms with van der Waals surface area (Å²) in [6, 6.07) is 0. The number of hydrogen-bond acceptors (Lipinski definition) is 5. The van der Waals surface area contributed by atoms with Crippen molar-refractivity contribution in [1.82, 2.24) is 4.90 Å². The molecule has 0 bridgehead atoms. The molecule has 0 aliphatic carbocycles. The Kier molecular flexibility index (Phi) is 37.2. The molecule has 0 saturated heterocycles. The van der Waals surface area contributed by atoms with Gasteiger partial charge in [0, 0.05) is 0 Å². The maximum Gasteiger partial charge on any atom is 0.524 e. The highest BCUT2D eigenvalue weighted by molar-refractivity contribution is 8.24. The Balaban J connectivity index is 4.08. The van der Waals surface area contributed by atoms with Crippen molar-refractivity contribution in [3.8, 4) is 0 Å². The number of unbranched alkanes of at least 4 members (excludes halogenated alkanes) is 30. The largest absolute Gasteiger partial charge is 0.622 e. The molecule has 0 amide bonds. The van der Waals surface area contributed by atoms with Gasteiger partial charge in [0.15, 0.2) is 13.4 Å². The van der Waals surface area contributed by atoms with E-state index < -0.39 is 20.7 Å². The molecule has 0 aliphatic rings.